The second-order valence-electron chi connectivity index (χ2n) is 5.07. The molecule has 5 nitrogen and oxygen atoms in total. The summed E-state index contributed by atoms with van der Waals surface area (Å²) in [6.45, 7) is 2.67. The summed E-state index contributed by atoms with van der Waals surface area (Å²) >= 11 is 0. The first-order chi connectivity index (χ1) is 9.58. The first-order valence-electron chi connectivity index (χ1n) is 6.86. The van der Waals surface area contributed by atoms with Crippen LogP contribution in [-0.2, 0) is 9.59 Å². The van der Waals surface area contributed by atoms with Gasteiger partial charge in [0.1, 0.15) is 11.2 Å². The maximum atomic E-state index is 12.1. The molecule has 5 heteroatoms. The molecule has 0 aliphatic heterocycles. The Kier molecular flexibility index (Phi) is 4.27. The van der Waals surface area contributed by atoms with E-state index in [9.17, 15) is 14.7 Å². The monoisotopic (exact) mass is 277 g/mol. The first-order valence-corrected chi connectivity index (χ1v) is 6.86. The smallest absolute Gasteiger partial charge is 0.319 e. The van der Waals surface area contributed by atoms with Gasteiger partial charge in [-0.2, -0.15) is 0 Å². The highest BCUT2D eigenvalue weighted by atomic mass is 16.5. The van der Waals surface area contributed by atoms with Crippen molar-refractivity contribution in [2.75, 3.05) is 11.9 Å². The Bertz CT molecular complexity index is 491. The Labute approximate surface area is 117 Å². The van der Waals surface area contributed by atoms with Gasteiger partial charge in [-0.1, -0.05) is 13.3 Å². The number of amides is 1. The maximum absolute atomic E-state index is 12.1. The molecule has 1 aliphatic carbocycles. The lowest BCUT2D eigenvalue weighted by atomic mass is 9.68. The van der Waals surface area contributed by atoms with Gasteiger partial charge in [-0.3, -0.25) is 9.59 Å². The van der Waals surface area contributed by atoms with Crippen LogP contribution < -0.4 is 10.1 Å². The van der Waals surface area contributed by atoms with Gasteiger partial charge in [-0.15, -0.1) is 0 Å². The highest BCUT2D eigenvalue weighted by Crippen LogP contribution is 2.42. The third-order valence-corrected chi connectivity index (χ3v) is 3.64. The van der Waals surface area contributed by atoms with Crippen LogP contribution in [0.15, 0.2) is 24.3 Å². The van der Waals surface area contributed by atoms with Crippen LogP contribution in [0.25, 0.3) is 0 Å². The largest absolute Gasteiger partial charge is 0.494 e. The zero-order chi connectivity index (χ0) is 14.6. The summed E-state index contributed by atoms with van der Waals surface area (Å²) in [6.07, 6.45) is 2.53. The lowest BCUT2D eigenvalue weighted by Crippen LogP contribution is -2.48. The highest BCUT2D eigenvalue weighted by Gasteiger charge is 2.51. The molecular weight excluding hydrogens is 258 g/mol. The molecule has 0 bridgehead atoms. The number of nitrogens with one attached hydrogen (secondary N) is 1. The molecule has 0 unspecified atom stereocenters. The van der Waals surface area contributed by atoms with Crippen molar-refractivity contribution in [3.05, 3.63) is 24.3 Å². The molecule has 0 saturated heterocycles. The van der Waals surface area contributed by atoms with E-state index in [-0.39, 0.29) is 0 Å². The fraction of sp³-hybridized carbons (Fsp3) is 0.467. The number of carboxylic acids is 1. The molecular formula is C15H19NO4. The van der Waals surface area contributed by atoms with Crippen molar-refractivity contribution in [2.24, 2.45) is 5.41 Å². The molecule has 1 amide bonds. The van der Waals surface area contributed by atoms with Gasteiger partial charge in [0.05, 0.1) is 6.61 Å². The third-order valence-electron chi connectivity index (χ3n) is 3.64. The van der Waals surface area contributed by atoms with Crippen molar-refractivity contribution in [3.63, 3.8) is 0 Å². The molecule has 1 fully saturated rings. The Morgan fingerprint density at radius 1 is 1.30 bits per heavy atom. The van der Waals surface area contributed by atoms with E-state index in [4.69, 9.17) is 4.74 Å². The van der Waals surface area contributed by atoms with Gasteiger partial charge in [-0.25, -0.2) is 0 Å². The molecule has 0 heterocycles. The SMILES string of the molecule is CCCOc1ccc(NC(=O)C2(C(=O)O)CCC2)cc1. The summed E-state index contributed by atoms with van der Waals surface area (Å²) in [4.78, 5) is 23.3. The Morgan fingerprint density at radius 2 is 1.95 bits per heavy atom. The van der Waals surface area contributed by atoms with E-state index in [0.29, 0.717) is 25.1 Å². The molecule has 108 valence electrons. The highest BCUT2D eigenvalue weighted by molar-refractivity contribution is 6.09. The van der Waals surface area contributed by atoms with Crippen LogP contribution in [0.4, 0.5) is 5.69 Å². The molecule has 0 atom stereocenters. The van der Waals surface area contributed by atoms with Crippen molar-refractivity contribution in [1.82, 2.24) is 0 Å². The standard InChI is InChI=1S/C15H19NO4/c1-2-10-20-12-6-4-11(5-7-12)16-13(17)15(14(18)19)8-3-9-15/h4-7H,2-3,8-10H2,1H3,(H,16,17)(H,18,19). The van der Waals surface area contributed by atoms with Crippen LogP contribution in [0.5, 0.6) is 5.75 Å². The fourth-order valence-corrected chi connectivity index (χ4v) is 2.17. The van der Waals surface area contributed by atoms with Crippen molar-refractivity contribution in [1.29, 1.82) is 0 Å². The molecule has 0 radical (unpaired) electrons. The molecule has 0 aromatic heterocycles. The number of hydrogen-bond donors (Lipinski definition) is 2. The van der Waals surface area contributed by atoms with Gasteiger partial charge in [0, 0.05) is 5.69 Å². The number of ether oxygens (including phenoxy) is 1. The summed E-state index contributed by atoms with van der Waals surface area (Å²) in [7, 11) is 0. The summed E-state index contributed by atoms with van der Waals surface area (Å²) in [5.74, 6) is -0.732. The van der Waals surface area contributed by atoms with Crippen LogP contribution in [0.3, 0.4) is 0 Å². The number of hydrogen-bond acceptors (Lipinski definition) is 3. The number of carbonyl (C=O) groups excluding carboxylic acids is 1. The van der Waals surface area contributed by atoms with E-state index < -0.39 is 17.3 Å². The van der Waals surface area contributed by atoms with E-state index in [1.54, 1.807) is 24.3 Å². The quantitative estimate of drug-likeness (QED) is 0.784. The molecule has 1 saturated carbocycles. The van der Waals surface area contributed by atoms with Crippen molar-refractivity contribution >= 4 is 17.6 Å². The Morgan fingerprint density at radius 3 is 2.40 bits per heavy atom. The number of carbonyl (C=O) groups is 2. The average molecular weight is 277 g/mol. The van der Waals surface area contributed by atoms with Crippen LogP contribution in [0.1, 0.15) is 32.6 Å². The van der Waals surface area contributed by atoms with Crippen LogP contribution in [0, 0.1) is 5.41 Å². The topological polar surface area (TPSA) is 75.6 Å². The molecule has 1 aromatic rings. The van der Waals surface area contributed by atoms with Gasteiger partial charge >= 0.3 is 5.97 Å². The van der Waals surface area contributed by atoms with Crippen LogP contribution in [0.2, 0.25) is 0 Å². The first kappa shape index (κ1) is 14.4. The molecule has 1 aromatic carbocycles. The number of anilines is 1. The molecule has 0 spiro atoms. The molecule has 1 aliphatic rings. The molecule has 2 rings (SSSR count). The predicted octanol–water partition coefficient (Wildman–Crippen LogP) is 2.67. The predicted molar refractivity (Wildman–Crippen MR) is 74.8 cm³/mol. The minimum absolute atomic E-state index is 0.409. The van der Waals surface area contributed by atoms with E-state index in [2.05, 4.69) is 5.32 Å². The number of aliphatic carboxylic acids is 1. The number of benzene rings is 1. The Balaban J connectivity index is 1.99. The summed E-state index contributed by atoms with van der Waals surface area (Å²) in [5.41, 5.74) is -0.649. The van der Waals surface area contributed by atoms with Gasteiger partial charge in [0.15, 0.2) is 0 Å². The molecule has 2 N–H and O–H groups in total. The van der Waals surface area contributed by atoms with Gasteiger partial charge in [0.25, 0.3) is 0 Å². The number of rotatable bonds is 6. The summed E-state index contributed by atoms with van der Waals surface area (Å²) in [6, 6.07) is 6.97. The average Bonchev–Trinajstić information content (AvgIpc) is 2.36. The zero-order valence-corrected chi connectivity index (χ0v) is 11.5. The van der Waals surface area contributed by atoms with Crippen LogP contribution in [-0.4, -0.2) is 23.6 Å². The van der Waals surface area contributed by atoms with E-state index in [1.807, 2.05) is 6.92 Å². The van der Waals surface area contributed by atoms with E-state index in [0.717, 1.165) is 18.6 Å². The van der Waals surface area contributed by atoms with E-state index in [1.165, 1.54) is 0 Å². The van der Waals surface area contributed by atoms with E-state index >= 15 is 0 Å². The van der Waals surface area contributed by atoms with Gasteiger partial charge < -0.3 is 15.2 Å². The van der Waals surface area contributed by atoms with Crippen molar-refractivity contribution < 1.29 is 19.4 Å². The fourth-order valence-electron chi connectivity index (χ4n) is 2.17. The second-order valence-corrected chi connectivity index (χ2v) is 5.07. The normalized spacial score (nSPS) is 16.1. The summed E-state index contributed by atoms with van der Waals surface area (Å²) in [5, 5.41) is 11.9. The third kappa shape index (κ3) is 2.76. The maximum Gasteiger partial charge on any atom is 0.319 e. The van der Waals surface area contributed by atoms with Gasteiger partial charge in [0.2, 0.25) is 5.91 Å². The van der Waals surface area contributed by atoms with Crippen molar-refractivity contribution in [2.45, 2.75) is 32.6 Å². The van der Waals surface area contributed by atoms with Crippen LogP contribution >= 0.6 is 0 Å². The minimum atomic E-state index is -1.24. The lowest BCUT2D eigenvalue weighted by Gasteiger charge is -2.35. The summed E-state index contributed by atoms with van der Waals surface area (Å²) < 4.78 is 5.45. The lowest BCUT2D eigenvalue weighted by molar-refractivity contribution is -0.159. The Hall–Kier alpha value is -2.04. The minimum Gasteiger partial charge on any atom is -0.494 e. The van der Waals surface area contributed by atoms with Crippen molar-refractivity contribution in [3.8, 4) is 5.75 Å². The second kappa shape index (κ2) is 5.94. The zero-order valence-electron chi connectivity index (χ0n) is 11.5. The molecule has 20 heavy (non-hydrogen) atoms. The number of carboxylic acid groups (broad SMARTS) is 1. The van der Waals surface area contributed by atoms with Gasteiger partial charge in [-0.05, 0) is 43.5 Å².